The van der Waals surface area contributed by atoms with Gasteiger partial charge in [0.15, 0.2) is 0 Å². The number of nitrogens with one attached hydrogen (secondary N) is 2. The van der Waals surface area contributed by atoms with E-state index in [-0.39, 0.29) is 33.6 Å². The maximum atomic E-state index is 14.3. The molecule has 182 valence electrons. The summed E-state index contributed by atoms with van der Waals surface area (Å²) in [5.41, 5.74) is -0.837. The SMILES string of the molecule is C#Cc1cc(CNC(=O)/C=C\c2ccc(C(F)(F)F)nc2SC(C)C)cc(F)c1NS(C)(=O)=O. The van der Waals surface area contributed by atoms with Gasteiger partial charge in [-0.1, -0.05) is 25.8 Å². The number of aromatic nitrogens is 1. The first kappa shape index (κ1) is 27.2. The summed E-state index contributed by atoms with van der Waals surface area (Å²) in [6.07, 6.45) is 4.04. The van der Waals surface area contributed by atoms with Gasteiger partial charge in [-0.15, -0.1) is 18.2 Å². The van der Waals surface area contributed by atoms with Crippen LogP contribution in [-0.2, 0) is 27.5 Å². The van der Waals surface area contributed by atoms with Crippen LogP contribution in [-0.4, -0.2) is 30.8 Å². The fraction of sp³-hybridized carbons (Fsp3) is 0.273. The number of terminal acetylenes is 1. The van der Waals surface area contributed by atoms with Crippen LogP contribution in [0.3, 0.4) is 0 Å². The Labute approximate surface area is 199 Å². The van der Waals surface area contributed by atoms with Gasteiger partial charge in [0.05, 0.1) is 17.5 Å². The van der Waals surface area contributed by atoms with Gasteiger partial charge in [-0.3, -0.25) is 9.52 Å². The van der Waals surface area contributed by atoms with E-state index in [1.165, 1.54) is 18.2 Å². The first-order valence-corrected chi connectivity index (χ1v) is 12.4. The van der Waals surface area contributed by atoms with Gasteiger partial charge in [-0.2, -0.15) is 13.2 Å². The van der Waals surface area contributed by atoms with Gasteiger partial charge >= 0.3 is 6.18 Å². The number of carbonyl (C=O) groups is 1. The molecule has 0 bridgehead atoms. The van der Waals surface area contributed by atoms with E-state index in [2.05, 4.69) is 16.2 Å². The molecule has 2 N–H and O–H groups in total. The summed E-state index contributed by atoms with van der Waals surface area (Å²) in [7, 11) is -3.76. The van der Waals surface area contributed by atoms with Crippen molar-refractivity contribution in [1.82, 2.24) is 10.3 Å². The highest BCUT2D eigenvalue weighted by Gasteiger charge is 2.33. The van der Waals surface area contributed by atoms with Crippen LogP contribution in [0, 0.1) is 18.2 Å². The Morgan fingerprint density at radius 2 is 1.97 bits per heavy atom. The Hall–Kier alpha value is -3.04. The molecule has 0 saturated carbocycles. The zero-order valence-electron chi connectivity index (χ0n) is 18.3. The van der Waals surface area contributed by atoms with E-state index in [1.807, 2.05) is 4.72 Å². The number of hydrogen-bond acceptors (Lipinski definition) is 5. The summed E-state index contributed by atoms with van der Waals surface area (Å²) in [5, 5.41) is 2.59. The van der Waals surface area contributed by atoms with Crippen LogP contribution < -0.4 is 10.0 Å². The predicted molar refractivity (Wildman–Crippen MR) is 124 cm³/mol. The molecule has 0 radical (unpaired) electrons. The number of benzene rings is 1. The normalized spacial score (nSPS) is 12.1. The molecule has 12 heteroatoms. The molecule has 1 aromatic carbocycles. The van der Waals surface area contributed by atoms with Crippen LogP contribution >= 0.6 is 11.8 Å². The standard InChI is InChI=1S/C22H21F4N3O3S2/c1-5-15-10-14(11-17(23)20(15)29-34(4,31)32)12-27-19(30)9-7-16-6-8-18(22(24,25)26)28-21(16)33-13(2)3/h1,6-11,13,29H,12H2,2-4H3,(H,27,30)/b9-7-. The summed E-state index contributed by atoms with van der Waals surface area (Å²) >= 11 is 1.12. The van der Waals surface area contributed by atoms with Gasteiger partial charge in [0, 0.05) is 23.4 Å². The molecule has 0 aliphatic carbocycles. The van der Waals surface area contributed by atoms with E-state index in [0.29, 0.717) is 5.56 Å². The van der Waals surface area contributed by atoms with Crippen molar-refractivity contribution in [3.05, 3.63) is 58.5 Å². The van der Waals surface area contributed by atoms with Crippen molar-refractivity contribution < 1.29 is 30.8 Å². The van der Waals surface area contributed by atoms with Crippen molar-refractivity contribution in [3.63, 3.8) is 0 Å². The second-order valence-electron chi connectivity index (χ2n) is 7.33. The van der Waals surface area contributed by atoms with Crippen LogP contribution in [0.25, 0.3) is 6.08 Å². The van der Waals surface area contributed by atoms with Gasteiger partial charge < -0.3 is 5.32 Å². The lowest BCUT2D eigenvalue weighted by Gasteiger charge is -2.12. The Morgan fingerprint density at radius 3 is 2.53 bits per heavy atom. The number of carbonyl (C=O) groups excluding carboxylic acids is 1. The fourth-order valence-electron chi connectivity index (χ4n) is 2.64. The zero-order valence-corrected chi connectivity index (χ0v) is 20.0. The lowest BCUT2D eigenvalue weighted by atomic mass is 10.1. The van der Waals surface area contributed by atoms with E-state index >= 15 is 0 Å². The minimum absolute atomic E-state index is 0.0441. The number of pyridine rings is 1. The maximum absolute atomic E-state index is 14.3. The largest absolute Gasteiger partial charge is 0.433 e. The molecule has 0 fully saturated rings. The molecule has 0 aliphatic heterocycles. The lowest BCUT2D eigenvalue weighted by molar-refractivity contribution is -0.141. The van der Waals surface area contributed by atoms with Crippen molar-refractivity contribution in [2.75, 3.05) is 11.0 Å². The summed E-state index contributed by atoms with van der Waals surface area (Å²) in [6.45, 7) is 3.47. The van der Waals surface area contributed by atoms with Crippen LogP contribution in [0.5, 0.6) is 0 Å². The number of hydrogen-bond donors (Lipinski definition) is 2. The van der Waals surface area contributed by atoms with Gasteiger partial charge in [-0.25, -0.2) is 17.8 Å². The fourth-order valence-corrected chi connectivity index (χ4v) is 4.08. The summed E-state index contributed by atoms with van der Waals surface area (Å²) < 4.78 is 78.1. The van der Waals surface area contributed by atoms with Crippen LogP contribution in [0.1, 0.15) is 36.2 Å². The quantitative estimate of drug-likeness (QED) is 0.235. The molecule has 0 atom stereocenters. The van der Waals surface area contributed by atoms with E-state index in [1.54, 1.807) is 13.8 Å². The number of sulfonamides is 1. The third-order valence-corrected chi connectivity index (χ3v) is 5.60. The van der Waals surface area contributed by atoms with Crippen molar-refractivity contribution in [1.29, 1.82) is 0 Å². The average Bonchev–Trinajstić information content (AvgIpc) is 2.70. The molecule has 0 aliphatic rings. The molecule has 1 amide bonds. The Morgan fingerprint density at radius 1 is 1.29 bits per heavy atom. The third-order valence-electron chi connectivity index (χ3n) is 4.00. The van der Waals surface area contributed by atoms with Crippen molar-refractivity contribution in [3.8, 4) is 12.3 Å². The lowest BCUT2D eigenvalue weighted by Crippen LogP contribution is -2.21. The number of alkyl halides is 3. The molecule has 2 aromatic rings. The van der Waals surface area contributed by atoms with Crippen LogP contribution in [0.2, 0.25) is 0 Å². The summed E-state index contributed by atoms with van der Waals surface area (Å²) in [5.74, 6) is 0.681. The number of nitrogens with zero attached hydrogens (tertiary/aromatic N) is 1. The molecular formula is C22H21F4N3O3S2. The number of thioether (sulfide) groups is 1. The van der Waals surface area contributed by atoms with Crippen LogP contribution in [0.4, 0.5) is 23.2 Å². The Bertz CT molecular complexity index is 1250. The van der Waals surface area contributed by atoms with E-state index in [0.717, 1.165) is 36.2 Å². The Balaban J connectivity index is 2.17. The molecule has 1 aromatic heterocycles. The predicted octanol–water partition coefficient (Wildman–Crippen LogP) is 4.42. The molecule has 0 saturated heterocycles. The van der Waals surface area contributed by atoms with E-state index in [4.69, 9.17) is 6.42 Å². The molecule has 6 nitrogen and oxygen atoms in total. The molecule has 0 spiro atoms. The Kier molecular flexibility index (Phi) is 8.74. The first-order valence-electron chi connectivity index (χ1n) is 9.67. The summed E-state index contributed by atoms with van der Waals surface area (Å²) in [6, 6.07) is 4.43. The topological polar surface area (TPSA) is 88.2 Å². The van der Waals surface area contributed by atoms with E-state index < -0.39 is 33.6 Å². The van der Waals surface area contributed by atoms with Gasteiger partial charge in [0.2, 0.25) is 15.9 Å². The molecule has 34 heavy (non-hydrogen) atoms. The van der Waals surface area contributed by atoms with Gasteiger partial charge in [-0.05, 0) is 29.8 Å². The zero-order chi connectivity index (χ0) is 25.7. The van der Waals surface area contributed by atoms with Gasteiger partial charge in [0.1, 0.15) is 16.5 Å². The molecule has 1 heterocycles. The minimum Gasteiger partial charge on any atom is -0.348 e. The minimum atomic E-state index is -4.59. The number of amides is 1. The first-order chi connectivity index (χ1) is 15.7. The smallest absolute Gasteiger partial charge is 0.348 e. The number of halogens is 4. The van der Waals surface area contributed by atoms with Crippen LogP contribution in [0.15, 0.2) is 35.4 Å². The maximum Gasteiger partial charge on any atom is 0.433 e. The monoisotopic (exact) mass is 515 g/mol. The van der Waals surface area contributed by atoms with Crippen molar-refractivity contribution in [2.24, 2.45) is 0 Å². The highest BCUT2D eigenvalue weighted by Crippen LogP contribution is 2.32. The number of rotatable bonds is 8. The average molecular weight is 516 g/mol. The van der Waals surface area contributed by atoms with E-state index in [9.17, 15) is 30.8 Å². The highest BCUT2D eigenvalue weighted by molar-refractivity contribution is 7.99. The van der Waals surface area contributed by atoms with Crippen molar-refractivity contribution >= 4 is 39.5 Å². The molecule has 0 unspecified atom stereocenters. The second kappa shape index (κ2) is 10.9. The molecular weight excluding hydrogens is 494 g/mol. The molecule has 2 rings (SSSR count). The second-order valence-corrected chi connectivity index (χ2v) is 10.6. The third kappa shape index (κ3) is 8.07. The van der Waals surface area contributed by atoms with Gasteiger partial charge in [0.25, 0.3) is 0 Å². The number of anilines is 1. The van der Waals surface area contributed by atoms with Crippen molar-refractivity contribution in [2.45, 2.75) is 36.8 Å². The highest BCUT2D eigenvalue weighted by atomic mass is 32.2. The summed E-state index contributed by atoms with van der Waals surface area (Å²) in [4.78, 5) is 15.9.